The molecule has 0 radical (unpaired) electrons. The highest BCUT2D eigenvalue weighted by Crippen LogP contribution is 2.25. The summed E-state index contributed by atoms with van der Waals surface area (Å²) in [6.07, 6.45) is 0.873. The molecular weight excluding hydrogens is 1260 g/mol. The highest BCUT2D eigenvalue weighted by molar-refractivity contribution is 7.99. The molecule has 0 saturated heterocycles. The number of aliphatic imine (C=N–C) groups is 1. The lowest BCUT2D eigenvalue weighted by Gasteiger charge is -2.28. The molecule has 11 amide bonds. The van der Waals surface area contributed by atoms with Crippen LogP contribution in [0.5, 0.6) is 0 Å². The monoisotopic (exact) mass is 1350 g/mol. The Kier molecular flexibility index (Phi) is 33.8. The van der Waals surface area contributed by atoms with Crippen LogP contribution in [0.25, 0.3) is 0 Å². The summed E-state index contributed by atoms with van der Waals surface area (Å²) < 4.78 is 0. The fourth-order valence-corrected chi connectivity index (χ4v) is 12.4. The molecule has 2 aliphatic rings. The van der Waals surface area contributed by atoms with E-state index in [2.05, 4.69) is 63.5 Å². The maximum absolute atomic E-state index is 14.7. The summed E-state index contributed by atoms with van der Waals surface area (Å²) in [5.41, 5.74) is 25.4. The number of nitrogens with zero attached hydrogens (tertiary/aromatic N) is 1. The van der Waals surface area contributed by atoms with Crippen molar-refractivity contribution in [3.8, 4) is 0 Å². The van der Waals surface area contributed by atoms with E-state index in [1.54, 1.807) is 36.6 Å². The number of carbonyl (C=O) groups excluding carboxylic acids is 11. The van der Waals surface area contributed by atoms with Gasteiger partial charge >= 0.3 is 5.97 Å². The number of hydrogen-bond donors (Lipinski definition) is 17. The lowest BCUT2D eigenvalue weighted by atomic mass is 10.0. The molecule has 502 valence electrons. The first-order valence-electron chi connectivity index (χ1n) is 29.4. The molecule has 2 aliphatic heterocycles. The maximum atomic E-state index is 14.7. The van der Waals surface area contributed by atoms with Crippen molar-refractivity contribution in [1.29, 1.82) is 0 Å². The number of thioether (sulfide) groups is 4. The minimum Gasteiger partial charge on any atom is -0.480 e. The summed E-state index contributed by atoms with van der Waals surface area (Å²) in [6, 6.07) is 1.78. The number of rotatable bonds is 19. The molecule has 91 heavy (non-hydrogen) atoms. The number of amides is 11. The zero-order chi connectivity index (χ0) is 67.0. The van der Waals surface area contributed by atoms with Crippen LogP contribution < -0.4 is 81.4 Å². The second-order valence-electron chi connectivity index (χ2n) is 21.5. The molecule has 0 saturated carbocycles. The quantitative estimate of drug-likeness (QED) is 0.0359. The molecule has 2 aromatic rings. The molecule has 4 bridgehead atoms. The van der Waals surface area contributed by atoms with E-state index < -0.39 is 151 Å². The van der Waals surface area contributed by atoms with Crippen molar-refractivity contribution in [2.24, 2.45) is 27.9 Å². The molecule has 0 unspecified atom stereocenters. The first-order valence-corrected chi connectivity index (χ1v) is 34.3. The summed E-state index contributed by atoms with van der Waals surface area (Å²) >= 11 is 4.96. The standard InChI is InChI=1S/C57H86N16O14S4/c1-31(59)48(79)71-43-30-91-27-36-19-34-18-35(20-36)26-90-29-42(66-45(76)23-63-44(75)22-64-49(80)37(67-55(43)86)13-9-16-62-57(60)61)54(85)68-38(12-7-8-15-58)51(82)70-40(21-33-10-5-4-6-11-33)53(84)73-47(32(2)74)56(87)69-39(14-17-88-3)52(83)72-41(28-89-25-34)50(81)65-24-46(77)78/h4-6,10-11,18-20,31-32,37-43,47,74H,7-9,12-17,21-30,58-59H2,1-3H3,(H,63,75)(H,64,80)(H,65,81)(H,66,76)(H,67,86)(H,68,85)(H,69,87)(H,70,82)(H,71,79)(H,72,83)(H,73,84)(H,77,78)(H4,60,61,62)/t31-,32+,37-,38-,39-,40-,41-,42-,43-,47-/m0/s1. The normalized spacial score (nSPS) is 23.4. The number of carboxylic acid groups (broad SMARTS) is 1. The lowest BCUT2D eigenvalue weighted by molar-refractivity contribution is -0.138. The van der Waals surface area contributed by atoms with Crippen LogP contribution in [0, 0.1) is 0 Å². The average molecular weight is 1350 g/mol. The van der Waals surface area contributed by atoms with Crippen LogP contribution in [0.3, 0.4) is 0 Å². The van der Waals surface area contributed by atoms with Gasteiger partial charge < -0.3 is 91.6 Å². The van der Waals surface area contributed by atoms with Crippen LogP contribution in [0.1, 0.15) is 74.6 Å². The Balaban J connectivity index is 1.89. The third-order valence-electron chi connectivity index (χ3n) is 13.8. The predicted molar refractivity (Wildman–Crippen MR) is 348 cm³/mol. The molecule has 21 N–H and O–H groups in total. The maximum Gasteiger partial charge on any atom is 0.322 e. The Bertz CT molecular complexity index is 2860. The van der Waals surface area contributed by atoms with Gasteiger partial charge in [0.15, 0.2) is 5.96 Å². The van der Waals surface area contributed by atoms with E-state index in [4.69, 9.17) is 22.9 Å². The third kappa shape index (κ3) is 28.4. The fourth-order valence-electron chi connectivity index (χ4n) is 9.00. The number of aliphatic hydroxyl groups is 1. The average Bonchev–Trinajstić information content (AvgIpc) is 2.05. The van der Waals surface area contributed by atoms with Crippen LogP contribution in [0.2, 0.25) is 0 Å². The van der Waals surface area contributed by atoms with Crippen molar-refractivity contribution in [3.63, 3.8) is 0 Å². The summed E-state index contributed by atoms with van der Waals surface area (Å²) in [5, 5.41) is 48.9. The van der Waals surface area contributed by atoms with Crippen molar-refractivity contribution >= 4 is 124 Å². The van der Waals surface area contributed by atoms with Gasteiger partial charge in [0.1, 0.15) is 54.9 Å². The van der Waals surface area contributed by atoms with Crippen molar-refractivity contribution in [2.45, 2.75) is 137 Å². The zero-order valence-electron chi connectivity index (χ0n) is 51.0. The molecule has 30 nitrogen and oxygen atoms in total. The fraction of sp³-hybridized carbons (Fsp3) is 0.561. The Labute approximate surface area is 544 Å². The number of nitrogens with one attached hydrogen (secondary N) is 11. The van der Waals surface area contributed by atoms with Gasteiger partial charge in [0.05, 0.1) is 25.2 Å². The van der Waals surface area contributed by atoms with Gasteiger partial charge in [-0.3, -0.25) is 62.5 Å². The van der Waals surface area contributed by atoms with E-state index in [0.717, 1.165) is 0 Å². The zero-order valence-corrected chi connectivity index (χ0v) is 54.3. The molecule has 0 fully saturated rings. The van der Waals surface area contributed by atoms with E-state index in [1.165, 1.54) is 60.9 Å². The predicted octanol–water partition coefficient (Wildman–Crippen LogP) is -4.37. The summed E-state index contributed by atoms with van der Waals surface area (Å²) in [4.78, 5) is 170. The van der Waals surface area contributed by atoms with Gasteiger partial charge in [-0.05, 0) is 93.2 Å². The van der Waals surface area contributed by atoms with Gasteiger partial charge in [0, 0.05) is 47.5 Å². The molecule has 2 heterocycles. The van der Waals surface area contributed by atoms with Gasteiger partial charge in [-0.15, -0.1) is 0 Å². The largest absolute Gasteiger partial charge is 0.480 e. The summed E-state index contributed by atoms with van der Waals surface area (Å²) in [5.74, 6) is -10.3. The topological polar surface area (TPSA) is 494 Å². The number of hydrogen-bond acceptors (Lipinski definition) is 20. The Morgan fingerprint density at radius 2 is 1.22 bits per heavy atom. The number of aliphatic carboxylic acids is 1. The van der Waals surface area contributed by atoms with E-state index >= 15 is 0 Å². The number of carbonyl (C=O) groups is 12. The van der Waals surface area contributed by atoms with Crippen LogP contribution in [0.4, 0.5) is 0 Å². The number of nitrogens with two attached hydrogens (primary N) is 4. The first-order chi connectivity index (χ1) is 43.4. The van der Waals surface area contributed by atoms with E-state index in [0.29, 0.717) is 40.8 Å². The number of unbranched alkanes of at least 4 members (excludes halogenated alkanes) is 1. The number of guanidine groups is 1. The van der Waals surface area contributed by atoms with E-state index in [-0.39, 0.29) is 85.7 Å². The molecule has 0 aliphatic carbocycles. The third-order valence-corrected chi connectivity index (χ3v) is 17.7. The van der Waals surface area contributed by atoms with Gasteiger partial charge in [0.25, 0.3) is 0 Å². The highest BCUT2D eigenvalue weighted by Gasteiger charge is 2.36. The Hall–Kier alpha value is -7.37. The molecule has 0 aromatic heterocycles. The van der Waals surface area contributed by atoms with Crippen molar-refractivity contribution < 1.29 is 67.7 Å². The Morgan fingerprint density at radius 3 is 1.84 bits per heavy atom. The van der Waals surface area contributed by atoms with Crippen molar-refractivity contribution in [1.82, 2.24) is 58.5 Å². The molecule has 34 heteroatoms. The number of carboxylic acids is 1. The van der Waals surface area contributed by atoms with Crippen LogP contribution in [0.15, 0.2) is 53.5 Å². The number of fused-ring (bicyclic) bond motifs is 5. The van der Waals surface area contributed by atoms with Gasteiger partial charge in [-0.2, -0.15) is 47.0 Å². The van der Waals surface area contributed by atoms with Gasteiger partial charge in [-0.25, -0.2) is 0 Å². The molecule has 2 aromatic carbocycles. The molecule has 0 spiro atoms. The first kappa shape index (κ1) is 76.1. The molecule has 10 atom stereocenters. The lowest BCUT2D eigenvalue weighted by Crippen LogP contribution is -2.62. The van der Waals surface area contributed by atoms with Crippen molar-refractivity contribution in [3.05, 3.63) is 70.8 Å². The summed E-state index contributed by atoms with van der Waals surface area (Å²) in [6.45, 7) is 0.777. The summed E-state index contributed by atoms with van der Waals surface area (Å²) in [7, 11) is 0. The number of benzene rings is 2. The van der Waals surface area contributed by atoms with Crippen molar-refractivity contribution in [2.75, 3.05) is 62.0 Å². The molecular formula is C57H86N16O14S4. The number of aliphatic hydroxyl groups excluding tert-OH is 1. The van der Waals surface area contributed by atoms with E-state index in [9.17, 15) is 67.7 Å². The van der Waals surface area contributed by atoms with Gasteiger partial charge in [-0.1, -0.05) is 48.5 Å². The van der Waals surface area contributed by atoms with Crippen LogP contribution in [-0.2, 0) is 81.2 Å². The van der Waals surface area contributed by atoms with E-state index in [1.807, 2.05) is 18.2 Å². The molecule has 4 rings (SSSR count). The second-order valence-corrected chi connectivity index (χ2v) is 25.6. The highest BCUT2D eigenvalue weighted by atomic mass is 32.2. The Morgan fingerprint density at radius 1 is 0.659 bits per heavy atom. The van der Waals surface area contributed by atoms with Gasteiger partial charge in [0.2, 0.25) is 65.0 Å². The van der Waals surface area contributed by atoms with Crippen LogP contribution >= 0.6 is 47.0 Å². The SMILES string of the molecule is CSCC[C@@H]1NC(=O)[C@H]([C@@H](C)O)NC(=O)[C@H](Cc2ccccc2)NC(=O)[C@H](CCCCN)NC(=O)[C@@H]2CSCc3cc(cc(c3)CSC[C@@H](C(=O)NCC(=O)O)NC1=O)CSC[C@H](NC(=O)[C@H](C)N)C(=O)N[C@@H](CCCN=C(N)N)C(=O)NCC(=O)NCC(=O)N2. The van der Waals surface area contributed by atoms with Crippen LogP contribution in [-0.4, -0.2) is 210 Å². The second kappa shape index (κ2) is 40.5. The minimum atomic E-state index is -1.73. The minimum absolute atomic E-state index is 0.00400. The smallest absolute Gasteiger partial charge is 0.322 e.